The van der Waals surface area contributed by atoms with E-state index in [1.807, 2.05) is 0 Å². The maximum atomic E-state index is 10.9. The van der Waals surface area contributed by atoms with E-state index in [4.69, 9.17) is 17.3 Å². The number of ether oxygens (including phenoxy) is 1. The van der Waals surface area contributed by atoms with Crippen LogP contribution in [0, 0.1) is 0 Å². The van der Waals surface area contributed by atoms with Crippen LogP contribution in [0.15, 0.2) is 18.3 Å². The van der Waals surface area contributed by atoms with Gasteiger partial charge in [-0.3, -0.25) is 4.79 Å². The molecule has 0 bridgehead atoms. The second-order valence-corrected chi connectivity index (χ2v) is 3.13. The number of esters is 1. The fourth-order valence-electron chi connectivity index (χ4n) is 1.05. The molecule has 0 aliphatic rings. The highest BCUT2D eigenvalue weighted by Gasteiger charge is 2.14. The zero-order valence-corrected chi connectivity index (χ0v) is 8.49. The zero-order chi connectivity index (χ0) is 10.6. The molecule has 0 spiro atoms. The van der Waals surface area contributed by atoms with Gasteiger partial charge in [0, 0.05) is 17.8 Å². The van der Waals surface area contributed by atoms with E-state index < -0.39 is 6.04 Å². The fourth-order valence-corrected chi connectivity index (χ4v) is 1.31. The van der Waals surface area contributed by atoms with Crippen LogP contribution in [0.5, 0.6) is 0 Å². The van der Waals surface area contributed by atoms with Crippen molar-refractivity contribution in [2.45, 2.75) is 12.5 Å². The summed E-state index contributed by atoms with van der Waals surface area (Å²) < 4.78 is 4.50. The van der Waals surface area contributed by atoms with Crippen LogP contribution in [0.2, 0.25) is 5.15 Å². The van der Waals surface area contributed by atoms with Gasteiger partial charge in [0.2, 0.25) is 0 Å². The van der Waals surface area contributed by atoms with E-state index in [0.29, 0.717) is 10.7 Å². The summed E-state index contributed by atoms with van der Waals surface area (Å²) in [6.07, 6.45) is 1.67. The Balaban J connectivity index is 2.74. The molecule has 1 rings (SSSR count). The van der Waals surface area contributed by atoms with E-state index >= 15 is 0 Å². The lowest BCUT2D eigenvalue weighted by Crippen LogP contribution is -2.16. The van der Waals surface area contributed by atoms with Crippen LogP contribution in [0.3, 0.4) is 0 Å². The summed E-state index contributed by atoms with van der Waals surface area (Å²) >= 11 is 5.80. The number of hydrogen-bond acceptors (Lipinski definition) is 4. The second-order valence-electron chi connectivity index (χ2n) is 2.77. The maximum absolute atomic E-state index is 10.9. The first-order valence-electron chi connectivity index (χ1n) is 4.08. The second kappa shape index (κ2) is 4.93. The average molecular weight is 215 g/mol. The Bertz CT molecular complexity index is 330. The molecule has 0 aromatic carbocycles. The van der Waals surface area contributed by atoms with Gasteiger partial charge >= 0.3 is 5.97 Å². The fraction of sp³-hybridized carbons (Fsp3) is 0.333. The molecule has 0 amide bonds. The number of carbonyl (C=O) groups is 1. The third kappa shape index (κ3) is 2.68. The van der Waals surface area contributed by atoms with Gasteiger partial charge in [-0.05, 0) is 6.07 Å². The molecule has 0 aliphatic carbocycles. The third-order valence-electron chi connectivity index (χ3n) is 1.80. The predicted octanol–water partition coefficient (Wildman–Crippen LogP) is 1.30. The molecule has 14 heavy (non-hydrogen) atoms. The highest BCUT2D eigenvalue weighted by atomic mass is 35.5. The lowest BCUT2D eigenvalue weighted by Gasteiger charge is -2.10. The van der Waals surface area contributed by atoms with Crippen molar-refractivity contribution in [2.24, 2.45) is 5.73 Å². The molecule has 1 aromatic heterocycles. The van der Waals surface area contributed by atoms with E-state index in [1.165, 1.54) is 7.11 Å². The largest absolute Gasteiger partial charge is 0.469 e. The third-order valence-corrected chi connectivity index (χ3v) is 2.12. The Labute approximate surface area is 87.0 Å². The van der Waals surface area contributed by atoms with Crippen LogP contribution in [0.4, 0.5) is 0 Å². The molecule has 1 heterocycles. The van der Waals surface area contributed by atoms with Gasteiger partial charge in [0.1, 0.15) is 5.15 Å². The Morgan fingerprint density at radius 1 is 1.79 bits per heavy atom. The van der Waals surface area contributed by atoms with E-state index in [2.05, 4.69) is 9.72 Å². The average Bonchev–Trinajstić information content (AvgIpc) is 2.18. The molecule has 0 saturated carbocycles. The topological polar surface area (TPSA) is 65.2 Å². The lowest BCUT2D eigenvalue weighted by atomic mass is 10.1. The number of methoxy groups -OCH3 is 1. The summed E-state index contributed by atoms with van der Waals surface area (Å²) in [4.78, 5) is 14.8. The highest BCUT2D eigenvalue weighted by molar-refractivity contribution is 6.30. The Morgan fingerprint density at radius 2 is 2.50 bits per heavy atom. The van der Waals surface area contributed by atoms with Gasteiger partial charge in [-0.25, -0.2) is 4.98 Å². The number of hydrogen-bond donors (Lipinski definition) is 1. The number of aromatic nitrogens is 1. The van der Waals surface area contributed by atoms with Crippen molar-refractivity contribution in [1.29, 1.82) is 0 Å². The van der Waals surface area contributed by atoms with Crippen molar-refractivity contribution in [3.63, 3.8) is 0 Å². The van der Waals surface area contributed by atoms with Crippen molar-refractivity contribution in [2.75, 3.05) is 7.11 Å². The quantitative estimate of drug-likeness (QED) is 0.609. The summed E-state index contributed by atoms with van der Waals surface area (Å²) in [5.74, 6) is -0.364. The van der Waals surface area contributed by atoms with Gasteiger partial charge < -0.3 is 10.5 Å². The zero-order valence-electron chi connectivity index (χ0n) is 7.74. The molecule has 0 fully saturated rings. The van der Waals surface area contributed by atoms with Gasteiger partial charge in [0.15, 0.2) is 0 Å². The molecular formula is C9H11ClN2O2. The van der Waals surface area contributed by atoms with Gasteiger partial charge in [-0.15, -0.1) is 0 Å². The maximum Gasteiger partial charge on any atom is 0.307 e. The first-order valence-corrected chi connectivity index (χ1v) is 4.45. The molecule has 1 atom stereocenters. The molecule has 1 aromatic rings. The summed E-state index contributed by atoms with van der Waals surface area (Å²) in [5, 5.41) is 0.323. The Hall–Kier alpha value is -1.13. The number of pyridine rings is 1. The minimum Gasteiger partial charge on any atom is -0.469 e. The van der Waals surface area contributed by atoms with E-state index in [1.54, 1.807) is 18.3 Å². The molecule has 0 aliphatic heterocycles. The number of nitrogens with zero attached hydrogens (tertiary/aromatic N) is 1. The molecule has 76 valence electrons. The van der Waals surface area contributed by atoms with Crippen LogP contribution in [-0.4, -0.2) is 18.1 Å². The van der Waals surface area contributed by atoms with Crippen LogP contribution in [-0.2, 0) is 9.53 Å². The first kappa shape index (κ1) is 10.9. The van der Waals surface area contributed by atoms with E-state index in [-0.39, 0.29) is 12.4 Å². The first-order chi connectivity index (χ1) is 6.65. The molecule has 0 saturated heterocycles. The van der Waals surface area contributed by atoms with Gasteiger partial charge in [0.25, 0.3) is 0 Å². The van der Waals surface area contributed by atoms with Gasteiger partial charge in [-0.2, -0.15) is 0 Å². The van der Waals surface area contributed by atoms with Crippen molar-refractivity contribution in [1.82, 2.24) is 4.98 Å². The number of rotatable bonds is 3. The van der Waals surface area contributed by atoms with Crippen LogP contribution >= 0.6 is 11.6 Å². The SMILES string of the molecule is COC(=O)CC(N)c1cccnc1Cl. The van der Waals surface area contributed by atoms with E-state index in [0.717, 1.165) is 0 Å². The van der Waals surface area contributed by atoms with Crippen LogP contribution in [0.25, 0.3) is 0 Å². The molecule has 1 unspecified atom stereocenters. The summed E-state index contributed by atoms with van der Waals surface area (Å²) in [6.45, 7) is 0. The smallest absolute Gasteiger partial charge is 0.307 e. The summed E-state index contributed by atoms with van der Waals surface area (Å²) in [7, 11) is 1.32. The normalized spacial score (nSPS) is 12.2. The summed E-state index contributed by atoms with van der Waals surface area (Å²) in [5.41, 5.74) is 6.40. The molecule has 2 N–H and O–H groups in total. The minimum absolute atomic E-state index is 0.0991. The van der Waals surface area contributed by atoms with Gasteiger partial charge in [-0.1, -0.05) is 17.7 Å². The van der Waals surface area contributed by atoms with Gasteiger partial charge in [0.05, 0.1) is 13.5 Å². The molecular weight excluding hydrogens is 204 g/mol. The molecule has 5 heteroatoms. The molecule has 4 nitrogen and oxygen atoms in total. The van der Waals surface area contributed by atoms with Crippen molar-refractivity contribution in [3.8, 4) is 0 Å². The van der Waals surface area contributed by atoms with Crippen molar-refractivity contribution >= 4 is 17.6 Å². The van der Waals surface area contributed by atoms with Crippen molar-refractivity contribution in [3.05, 3.63) is 29.0 Å². The minimum atomic E-state index is -0.469. The number of halogens is 1. The van der Waals surface area contributed by atoms with Crippen LogP contribution in [0.1, 0.15) is 18.0 Å². The van der Waals surface area contributed by atoms with Crippen molar-refractivity contribution < 1.29 is 9.53 Å². The predicted molar refractivity (Wildman–Crippen MR) is 52.8 cm³/mol. The Kier molecular flexibility index (Phi) is 3.85. The highest BCUT2D eigenvalue weighted by Crippen LogP contribution is 2.20. The lowest BCUT2D eigenvalue weighted by molar-refractivity contribution is -0.141. The Morgan fingerprint density at radius 3 is 3.07 bits per heavy atom. The monoisotopic (exact) mass is 214 g/mol. The standard InChI is InChI=1S/C9H11ClN2O2/c1-14-8(13)5-7(11)6-3-2-4-12-9(6)10/h2-4,7H,5,11H2,1H3. The number of carbonyl (C=O) groups excluding carboxylic acids is 1. The number of nitrogens with two attached hydrogens (primary N) is 1. The van der Waals surface area contributed by atoms with Crippen LogP contribution < -0.4 is 5.73 Å². The molecule has 0 radical (unpaired) electrons. The van der Waals surface area contributed by atoms with E-state index in [9.17, 15) is 4.79 Å². The summed E-state index contributed by atoms with van der Waals surface area (Å²) in [6, 6.07) is 2.99.